The van der Waals surface area contributed by atoms with E-state index in [0.717, 1.165) is 39.2 Å². The van der Waals surface area contributed by atoms with Crippen molar-refractivity contribution in [3.8, 4) is 5.88 Å². The van der Waals surface area contributed by atoms with Crippen LogP contribution in [0.5, 0.6) is 5.88 Å². The van der Waals surface area contributed by atoms with Gasteiger partial charge < -0.3 is 24.8 Å². The summed E-state index contributed by atoms with van der Waals surface area (Å²) >= 11 is 2.31. The van der Waals surface area contributed by atoms with Crippen molar-refractivity contribution < 1.29 is 29.0 Å². The standard InChI is InChI=1S/C26H32IN3O6/c1-26(2,3)21-23(31)30-14-16(13-20(30)24(32)33)36-22-18-11-15(12-19(27)17(18)8-9-28-22)7-5-4-6-10-35-25(34)29-21/h8-9,11-12,16,20-21H,4-7,10,13-14H2,1-3H3,(H,29,34)(H,32,33)/t16-,20+,21-/m1/s1. The highest BCUT2D eigenvalue weighted by molar-refractivity contribution is 14.1. The molecule has 3 atom stereocenters. The Labute approximate surface area is 224 Å². The molecule has 0 spiro atoms. The number of nitrogens with zero attached hydrogens (tertiary/aromatic N) is 2. The Morgan fingerprint density at radius 3 is 2.69 bits per heavy atom. The summed E-state index contributed by atoms with van der Waals surface area (Å²) in [4.78, 5) is 44.0. The molecule has 1 aromatic heterocycles. The first-order chi connectivity index (χ1) is 17.0. The monoisotopic (exact) mass is 609 g/mol. The number of hydrogen-bond donors (Lipinski definition) is 2. The number of hydrogen-bond acceptors (Lipinski definition) is 6. The first kappa shape index (κ1) is 26.4. The molecule has 0 unspecified atom stereocenters. The number of halogens is 1. The zero-order valence-corrected chi connectivity index (χ0v) is 22.9. The van der Waals surface area contributed by atoms with E-state index in [1.807, 2.05) is 26.8 Å². The fourth-order valence-electron chi connectivity index (χ4n) is 4.77. The molecule has 4 rings (SSSR count). The molecule has 36 heavy (non-hydrogen) atoms. The third-order valence-corrected chi connectivity index (χ3v) is 7.57. The number of alkyl carbamates (subject to hydrolysis) is 1. The lowest BCUT2D eigenvalue weighted by molar-refractivity contribution is -0.150. The molecule has 1 aromatic carbocycles. The summed E-state index contributed by atoms with van der Waals surface area (Å²) in [5, 5.41) is 14.5. The van der Waals surface area contributed by atoms with Crippen molar-refractivity contribution in [3.63, 3.8) is 0 Å². The van der Waals surface area contributed by atoms with Crippen LogP contribution in [0.25, 0.3) is 10.8 Å². The van der Waals surface area contributed by atoms with E-state index in [1.165, 1.54) is 4.90 Å². The molecule has 2 amide bonds. The summed E-state index contributed by atoms with van der Waals surface area (Å²) in [6.45, 7) is 5.79. The van der Waals surface area contributed by atoms with E-state index in [1.54, 1.807) is 6.20 Å². The molecule has 3 heterocycles. The van der Waals surface area contributed by atoms with E-state index in [2.05, 4.69) is 45.0 Å². The number of nitrogens with one attached hydrogen (secondary N) is 1. The summed E-state index contributed by atoms with van der Waals surface area (Å²) in [6, 6.07) is 4.15. The van der Waals surface area contributed by atoms with Gasteiger partial charge in [-0.2, -0.15) is 0 Å². The zero-order valence-electron chi connectivity index (χ0n) is 20.8. The quantitative estimate of drug-likeness (QED) is 0.467. The number of carbonyl (C=O) groups is 3. The highest BCUT2D eigenvalue weighted by Gasteiger charge is 2.46. The van der Waals surface area contributed by atoms with E-state index < -0.39 is 41.6 Å². The van der Waals surface area contributed by atoms with Crippen LogP contribution in [0.3, 0.4) is 0 Å². The van der Waals surface area contributed by atoms with Crippen molar-refractivity contribution in [2.45, 2.75) is 71.1 Å². The number of carboxylic acids is 1. The largest absolute Gasteiger partial charge is 0.480 e. The number of carbonyl (C=O) groups excluding carboxylic acids is 2. The van der Waals surface area contributed by atoms with Crippen LogP contribution in [0.4, 0.5) is 4.79 Å². The van der Waals surface area contributed by atoms with Crippen LogP contribution in [0, 0.1) is 8.99 Å². The Bertz CT molecular complexity index is 1160. The SMILES string of the molecule is CC(C)(C)[C@@H]1NC(=O)OCCCCCc2cc(I)c3ccnc(c3c2)O[C@@H]2C[C@@H](C(=O)O)N(C2)C1=O. The molecule has 9 nitrogen and oxygen atoms in total. The number of rotatable bonds is 1. The van der Waals surface area contributed by atoms with E-state index in [-0.39, 0.29) is 19.6 Å². The average Bonchev–Trinajstić information content (AvgIpc) is 3.23. The maximum absolute atomic E-state index is 13.6. The van der Waals surface area contributed by atoms with Gasteiger partial charge in [0.15, 0.2) is 0 Å². The van der Waals surface area contributed by atoms with Crippen LogP contribution in [-0.2, 0) is 20.7 Å². The minimum atomic E-state index is -1.11. The van der Waals surface area contributed by atoms with Crippen LogP contribution in [-0.4, -0.2) is 64.3 Å². The first-order valence-electron chi connectivity index (χ1n) is 12.2. The second-order valence-electron chi connectivity index (χ2n) is 10.5. The molecule has 194 valence electrons. The molecule has 0 radical (unpaired) electrons. The highest BCUT2D eigenvalue weighted by Crippen LogP contribution is 2.33. The van der Waals surface area contributed by atoms with Crippen molar-refractivity contribution in [3.05, 3.63) is 33.5 Å². The number of amides is 2. The van der Waals surface area contributed by atoms with Gasteiger partial charge in [-0.1, -0.05) is 20.8 Å². The van der Waals surface area contributed by atoms with Gasteiger partial charge in [0.2, 0.25) is 11.8 Å². The zero-order chi connectivity index (χ0) is 26.0. The van der Waals surface area contributed by atoms with Gasteiger partial charge in [0.1, 0.15) is 18.2 Å². The first-order valence-corrected chi connectivity index (χ1v) is 13.3. The Balaban J connectivity index is 1.71. The van der Waals surface area contributed by atoms with Gasteiger partial charge >= 0.3 is 12.1 Å². The number of pyridine rings is 1. The minimum Gasteiger partial charge on any atom is -0.480 e. The number of aryl methyl sites for hydroxylation is 1. The maximum atomic E-state index is 13.6. The van der Waals surface area contributed by atoms with E-state index >= 15 is 0 Å². The molecule has 2 aliphatic heterocycles. The fourth-order valence-corrected chi connectivity index (χ4v) is 5.64. The predicted octanol–water partition coefficient (Wildman–Crippen LogP) is 4.14. The summed E-state index contributed by atoms with van der Waals surface area (Å²) in [6.07, 6.45) is 3.96. The van der Waals surface area contributed by atoms with Gasteiger partial charge in [-0.05, 0) is 77.5 Å². The summed E-state index contributed by atoms with van der Waals surface area (Å²) in [5.41, 5.74) is 0.493. The molecular formula is C26H32IN3O6. The van der Waals surface area contributed by atoms with Crippen molar-refractivity contribution in [1.29, 1.82) is 0 Å². The topological polar surface area (TPSA) is 118 Å². The van der Waals surface area contributed by atoms with Gasteiger partial charge in [-0.15, -0.1) is 0 Å². The second-order valence-corrected chi connectivity index (χ2v) is 11.7. The normalized spacial score (nSPS) is 24.0. The molecule has 10 heteroatoms. The predicted molar refractivity (Wildman–Crippen MR) is 142 cm³/mol. The number of fused-ring (bicyclic) bond motifs is 3. The number of benzene rings is 1. The minimum absolute atomic E-state index is 0.0773. The Morgan fingerprint density at radius 2 is 1.97 bits per heavy atom. The van der Waals surface area contributed by atoms with Gasteiger partial charge in [0, 0.05) is 27.0 Å². The molecule has 2 aliphatic rings. The summed E-state index contributed by atoms with van der Waals surface area (Å²) in [7, 11) is 0. The second kappa shape index (κ2) is 10.8. The van der Waals surface area contributed by atoms with E-state index in [4.69, 9.17) is 9.47 Å². The molecule has 1 fully saturated rings. The molecular weight excluding hydrogens is 577 g/mol. The van der Waals surface area contributed by atoms with Crippen molar-refractivity contribution in [1.82, 2.24) is 15.2 Å². The summed E-state index contributed by atoms with van der Waals surface area (Å²) < 4.78 is 12.7. The highest BCUT2D eigenvalue weighted by atomic mass is 127. The number of cyclic esters (lactones) is 1. The number of aromatic nitrogens is 1. The number of aliphatic carboxylic acids is 1. The summed E-state index contributed by atoms with van der Waals surface area (Å²) in [5.74, 6) is -1.15. The van der Waals surface area contributed by atoms with Gasteiger partial charge in [0.25, 0.3) is 0 Å². The van der Waals surface area contributed by atoms with Crippen molar-refractivity contribution in [2.75, 3.05) is 13.2 Å². The Hall–Kier alpha value is -2.63. The molecule has 2 N–H and O–H groups in total. The van der Waals surface area contributed by atoms with Crippen LogP contribution in [0.15, 0.2) is 24.4 Å². The molecule has 0 saturated carbocycles. The van der Waals surface area contributed by atoms with Gasteiger partial charge in [-0.25, -0.2) is 14.6 Å². The maximum Gasteiger partial charge on any atom is 0.407 e. The Kier molecular flexibility index (Phi) is 7.91. The molecule has 0 aliphatic carbocycles. The van der Waals surface area contributed by atoms with Crippen LogP contribution in [0.2, 0.25) is 0 Å². The lowest BCUT2D eigenvalue weighted by Gasteiger charge is -2.34. The lowest BCUT2D eigenvalue weighted by atomic mass is 9.85. The lowest BCUT2D eigenvalue weighted by Crippen LogP contribution is -2.57. The molecule has 1 saturated heterocycles. The van der Waals surface area contributed by atoms with Crippen molar-refractivity contribution in [2.24, 2.45) is 5.41 Å². The smallest absolute Gasteiger partial charge is 0.407 e. The third kappa shape index (κ3) is 5.84. The Morgan fingerprint density at radius 1 is 1.19 bits per heavy atom. The van der Waals surface area contributed by atoms with Crippen LogP contribution < -0.4 is 10.1 Å². The van der Waals surface area contributed by atoms with E-state index in [0.29, 0.717) is 12.3 Å². The average molecular weight is 609 g/mol. The molecule has 4 bridgehead atoms. The van der Waals surface area contributed by atoms with Crippen LogP contribution >= 0.6 is 22.6 Å². The van der Waals surface area contributed by atoms with Gasteiger partial charge in [0.05, 0.1) is 13.2 Å². The fraction of sp³-hybridized carbons (Fsp3) is 0.538. The van der Waals surface area contributed by atoms with E-state index in [9.17, 15) is 19.5 Å². The number of ether oxygens (including phenoxy) is 2. The van der Waals surface area contributed by atoms with Crippen LogP contribution in [0.1, 0.15) is 52.0 Å². The van der Waals surface area contributed by atoms with Gasteiger partial charge in [-0.3, -0.25) is 4.79 Å². The van der Waals surface area contributed by atoms with Crippen molar-refractivity contribution >= 4 is 51.3 Å². The third-order valence-electron chi connectivity index (χ3n) is 6.68. The number of carboxylic acid groups (broad SMARTS) is 1. The molecule has 2 aromatic rings.